The van der Waals surface area contributed by atoms with Gasteiger partial charge in [-0.05, 0) is 114 Å². The van der Waals surface area contributed by atoms with E-state index in [2.05, 4.69) is 368 Å². The highest BCUT2D eigenvalue weighted by Crippen LogP contribution is 2.37. The second-order valence-electron chi connectivity index (χ2n) is 24.6. The highest BCUT2D eigenvalue weighted by atomic mass is 28.3. The minimum Gasteiger partial charge on any atom is -0.309 e. The fourth-order valence-electron chi connectivity index (χ4n) is 15.6. The van der Waals surface area contributed by atoms with E-state index in [1.807, 2.05) is 0 Å². The Morgan fingerprint density at radius 1 is 0.232 bits per heavy atom. The molecule has 0 unspecified atom stereocenters. The molecular formula is C84H57N9Si2. The molecule has 0 amide bonds. The molecule has 6 heterocycles. The van der Waals surface area contributed by atoms with Crippen LogP contribution in [0.1, 0.15) is 0 Å². The lowest BCUT2D eigenvalue weighted by Crippen LogP contribution is -2.74. The van der Waals surface area contributed by atoms with Crippen molar-refractivity contribution in [3.8, 4) is 28.7 Å². The maximum Gasteiger partial charge on any atom is 0.239 e. The average Bonchev–Trinajstić information content (AvgIpc) is 1.62. The summed E-state index contributed by atoms with van der Waals surface area (Å²) in [6.07, 6.45) is 0. The van der Waals surface area contributed by atoms with E-state index in [4.69, 9.17) is 19.9 Å². The molecular weight excluding hydrogens is 1190 g/mol. The van der Waals surface area contributed by atoms with E-state index < -0.39 is 16.1 Å². The second kappa shape index (κ2) is 21.7. The number of hydrogen-bond donors (Lipinski definition) is 0. The van der Waals surface area contributed by atoms with Crippen molar-refractivity contribution in [3.63, 3.8) is 0 Å². The third kappa shape index (κ3) is 8.19. The third-order valence-electron chi connectivity index (χ3n) is 19.6. The molecule has 0 bridgehead atoms. The fourth-order valence-corrected chi connectivity index (χ4v) is 25.1. The van der Waals surface area contributed by atoms with E-state index >= 15 is 0 Å². The van der Waals surface area contributed by atoms with Crippen LogP contribution in [-0.4, -0.2) is 58.6 Å². The summed E-state index contributed by atoms with van der Waals surface area (Å²) in [4.78, 5) is 22.8. The maximum absolute atomic E-state index is 5.89. The molecule has 11 heteroatoms. The number of fused-ring (bicyclic) bond motifs is 13. The van der Waals surface area contributed by atoms with Gasteiger partial charge in [-0.3, -0.25) is 13.4 Å². The number of rotatable bonds is 12. The Hall–Kier alpha value is -12.3. The van der Waals surface area contributed by atoms with Gasteiger partial charge in [-0.25, -0.2) is 19.5 Å². The lowest BCUT2D eigenvalue weighted by Gasteiger charge is -2.34. The van der Waals surface area contributed by atoms with Gasteiger partial charge in [-0.2, -0.15) is 4.98 Å². The predicted molar refractivity (Wildman–Crippen MR) is 395 cm³/mol. The van der Waals surface area contributed by atoms with Crippen molar-refractivity contribution in [2.24, 2.45) is 0 Å². The molecule has 0 radical (unpaired) electrons. The zero-order chi connectivity index (χ0) is 62.6. The van der Waals surface area contributed by atoms with Crippen molar-refractivity contribution in [1.29, 1.82) is 0 Å². The van der Waals surface area contributed by atoms with Gasteiger partial charge in [0, 0.05) is 28.1 Å². The maximum atomic E-state index is 5.89. The molecule has 0 saturated carbocycles. The van der Waals surface area contributed by atoms with Crippen LogP contribution in [0.5, 0.6) is 0 Å². The summed E-state index contributed by atoms with van der Waals surface area (Å²) in [6, 6.07) is 126. The predicted octanol–water partition coefficient (Wildman–Crippen LogP) is 13.5. The Bertz CT molecular complexity index is 5620. The molecule has 0 aliphatic carbocycles. The largest absolute Gasteiger partial charge is 0.309 e. The van der Waals surface area contributed by atoms with Gasteiger partial charge in [0.2, 0.25) is 17.5 Å². The van der Waals surface area contributed by atoms with E-state index in [1.165, 1.54) is 52.3 Å². The number of benzene rings is 13. The van der Waals surface area contributed by atoms with Crippen LogP contribution in [0.3, 0.4) is 0 Å². The van der Waals surface area contributed by atoms with Gasteiger partial charge in [0.15, 0.2) is 16.1 Å². The van der Waals surface area contributed by atoms with Crippen molar-refractivity contribution in [1.82, 2.24) is 42.4 Å². The van der Waals surface area contributed by atoms with Gasteiger partial charge in [-0.1, -0.05) is 267 Å². The highest BCUT2D eigenvalue weighted by molar-refractivity contribution is 7.20. The average molecular weight is 1250 g/mol. The number of hydrogen-bond acceptors (Lipinski definition) is 4. The Labute approximate surface area is 548 Å². The normalized spacial score (nSPS) is 12.2. The van der Waals surface area contributed by atoms with Crippen molar-refractivity contribution in [2.75, 3.05) is 0 Å². The molecule has 0 saturated heterocycles. The molecule has 0 fully saturated rings. The molecule has 6 aromatic heterocycles. The van der Waals surface area contributed by atoms with Crippen LogP contribution in [0.4, 0.5) is 0 Å². The van der Waals surface area contributed by atoms with Crippen LogP contribution in [-0.2, 0) is 0 Å². The molecule has 0 spiro atoms. The van der Waals surface area contributed by atoms with Crippen LogP contribution < -0.4 is 41.5 Å². The lowest BCUT2D eigenvalue weighted by molar-refractivity contribution is 0.930. The monoisotopic (exact) mass is 1250 g/mol. The van der Waals surface area contributed by atoms with Crippen molar-refractivity contribution < 1.29 is 0 Å². The standard InChI is InChI=1S/C84H57N9Si2/c1-7-30-60(31-8-1)94(61-32-9-2-10-33-61,62-34-11-3-12-35-62)66-50-52-77-79(55-66)90-75-48-25-21-44-70(75)86-83(90)92(77)81-57-72(58-28-27-29-59(54-58)89-73-46-23-19-42-68(73)69-43-20-24-47-74(69)89)85-82(88-81)93-78-53-51-67(56-80(78)91-76-49-26-22-45-71(76)87-84(91)93)95(63-36-13-4-14-37-63,64-38-15-5-16-39-64)65-40-17-6-18-41-65/h1-57H. The molecule has 95 heavy (non-hydrogen) atoms. The fraction of sp³-hybridized carbons (Fsp3) is 0. The van der Waals surface area contributed by atoms with Gasteiger partial charge in [0.1, 0.15) is 5.82 Å². The number of nitrogens with zero attached hydrogens (tertiary/aromatic N) is 9. The molecule has 9 nitrogen and oxygen atoms in total. The molecule has 446 valence electrons. The van der Waals surface area contributed by atoms with Crippen molar-refractivity contribution >= 4 is 135 Å². The molecule has 19 aromatic rings. The number of aromatic nitrogens is 9. The smallest absolute Gasteiger partial charge is 0.239 e. The summed E-state index contributed by atoms with van der Waals surface area (Å²) in [5.41, 5.74) is 12.6. The summed E-state index contributed by atoms with van der Waals surface area (Å²) in [7, 11) is -6.01. The first kappa shape index (κ1) is 54.4. The quantitative estimate of drug-likeness (QED) is 0.0902. The Balaban J connectivity index is 0.910. The first-order valence-electron chi connectivity index (χ1n) is 32.3. The first-order chi connectivity index (χ1) is 47.1. The molecule has 0 aliphatic heterocycles. The van der Waals surface area contributed by atoms with E-state index in [0.29, 0.717) is 17.5 Å². The summed E-state index contributed by atoms with van der Waals surface area (Å²) < 4.78 is 11.5. The van der Waals surface area contributed by atoms with Gasteiger partial charge in [0.05, 0.1) is 60.9 Å². The molecule has 13 aromatic carbocycles. The van der Waals surface area contributed by atoms with E-state index in [0.717, 1.165) is 77.9 Å². The zero-order valence-corrected chi connectivity index (χ0v) is 53.4. The number of imidazole rings is 4. The Kier molecular flexibility index (Phi) is 12.4. The van der Waals surface area contributed by atoms with Gasteiger partial charge >= 0.3 is 0 Å². The summed E-state index contributed by atoms with van der Waals surface area (Å²) in [5, 5.41) is 12.7. The minimum atomic E-state index is -3.01. The van der Waals surface area contributed by atoms with Crippen LogP contribution in [0, 0.1) is 0 Å². The van der Waals surface area contributed by atoms with Crippen LogP contribution >= 0.6 is 0 Å². The number of para-hydroxylation sites is 6. The van der Waals surface area contributed by atoms with E-state index in [9.17, 15) is 0 Å². The molecule has 0 N–H and O–H groups in total. The van der Waals surface area contributed by atoms with Gasteiger partial charge in [0.25, 0.3) is 0 Å². The molecule has 0 aliphatic rings. The SMILES string of the molecule is c1ccc([Si](c2ccccc2)(c2ccccc2)c2ccc3c(c2)n2c4ccccc4nc2n3-c2cc(-c3cccc(-n4c5ccccc5c5ccccc54)c3)nc(-n3c4ccc([Si](c5ccccc5)(c5ccccc5)c5ccccc5)cc4n4c5ccccc5nc34)n2)cc1. The Morgan fingerprint density at radius 2 is 0.611 bits per heavy atom. The molecule has 0 atom stereocenters. The van der Waals surface area contributed by atoms with Gasteiger partial charge < -0.3 is 4.57 Å². The molecule has 19 rings (SSSR count). The second-order valence-corrected chi connectivity index (χ2v) is 32.2. The third-order valence-corrected chi connectivity index (χ3v) is 29.2. The highest BCUT2D eigenvalue weighted by Gasteiger charge is 2.44. The van der Waals surface area contributed by atoms with E-state index in [1.54, 1.807) is 0 Å². The summed E-state index contributed by atoms with van der Waals surface area (Å²) in [5.74, 6) is 2.57. The zero-order valence-electron chi connectivity index (χ0n) is 51.4. The van der Waals surface area contributed by atoms with Crippen molar-refractivity contribution in [2.45, 2.75) is 0 Å². The van der Waals surface area contributed by atoms with Crippen molar-refractivity contribution in [3.05, 3.63) is 346 Å². The summed E-state index contributed by atoms with van der Waals surface area (Å²) >= 11 is 0. The first-order valence-corrected chi connectivity index (χ1v) is 36.3. The van der Waals surface area contributed by atoms with Crippen LogP contribution in [0.2, 0.25) is 0 Å². The van der Waals surface area contributed by atoms with Gasteiger partial charge in [-0.15, -0.1) is 0 Å². The summed E-state index contributed by atoms with van der Waals surface area (Å²) in [6.45, 7) is 0. The lowest BCUT2D eigenvalue weighted by atomic mass is 10.1. The topological polar surface area (TPSA) is 75.2 Å². The van der Waals surface area contributed by atoms with Crippen LogP contribution in [0.25, 0.3) is 106 Å². The van der Waals surface area contributed by atoms with E-state index in [-0.39, 0.29) is 0 Å². The Morgan fingerprint density at radius 3 is 1.05 bits per heavy atom. The minimum absolute atomic E-state index is 0.469. The van der Waals surface area contributed by atoms with Crippen LogP contribution in [0.15, 0.2) is 346 Å².